The predicted molar refractivity (Wildman–Crippen MR) is 62.9 cm³/mol. The fraction of sp³-hybridized carbons (Fsp3) is 0.385. The van der Waals surface area contributed by atoms with Crippen molar-refractivity contribution in [1.29, 1.82) is 0 Å². The van der Waals surface area contributed by atoms with Gasteiger partial charge in [0.15, 0.2) is 17.3 Å². The van der Waals surface area contributed by atoms with Gasteiger partial charge in [0.25, 0.3) is 0 Å². The zero-order valence-corrected chi connectivity index (χ0v) is 10.0. The van der Waals surface area contributed by atoms with Crippen molar-refractivity contribution in [2.24, 2.45) is 5.92 Å². The molecule has 0 aliphatic carbocycles. The summed E-state index contributed by atoms with van der Waals surface area (Å²) in [6, 6.07) is 5.00. The number of ketones is 1. The summed E-state index contributed by atoms with van der Waals surface area (Å²) >= 11 is 0. The van der Waals surface area contributed by atoms with Crippen molar-refractivity contribution in [2.75, 3.05) is 6.79 Å². The van der Waals surface area contributed by atoms with Crippen LogP contribution in [0.1, 0.15) is 30.1 Å². The first-order valence-electron chi connectivity index (χ1n) is 5.71. The minimum Gasteiger partial charge on any atom is -0.481 e. The van der Waals surface area contributed by atoms with Gasteiger partial charge in [0.1, 0.15) is 0 Å². The normalized spacial score (nSPS) is 14.3. The molecule has 18 heavy (non-hydrogen) atoms. The average Bonchev–Trinajstić information content (AvgIpc) is 2.74. The van der Waals surface area contributed by atoms with Crippen LogP contribution in [0, 0.1) is 5.92 Å². The first-order chi connectivity index (χ1) is 8.56. The zero-order valence-electron chi connectivity index (χ0n) is 10.0. The number of carbonyl (C=O) groups excluding carboxylic acids is 1. The molecule has 1 atom stereocenters. The van der Waals surface area contributed by atoms with Gasteiger partial charge in [-0.25, -0.2) is 0 Å². The van der Waals surface area contributed by atoms with Crippen LogP contribution in [0.25, 0.3) is 0 Å². The van der Waals surface area contributed by atoms with Crippen molar-refractivity contribution in [3.8, 4) is 11.5 Å². The van der Waals surface area contributed by atoms with Gasteiger partial charge in [-0.1, -0.05) is 6.92 Å². The summed E-state index contributed by atoms with van der Waals surface area (Å²) < 4.78 is 10.3. The largest absolute Gasteiger partial charge is 0.481 e. The SMILES string of the molecule is CC(CC(=O)O)CC(=O)c1ccc2c(c1)OCO2. The number of carbonyl (C=O) groups is 2. The lowest BCUT2D eigenvalue weighted by molar-refractivity contribution is -0.137. The van der Waals surface area contributed by atoms with Crippen molar-refractivity contribution < 1.29 is 24.2 Å². The van der Waals surface area contributed by atoms with Gasteiger partial charge in [-0.15, -0.1) is 0 Å². The Morgan fingerprint density at radius 3 is 2.72 bits per heavy atom. The first kappa shape index (κ1) is 12.4. The Balaban J connectivity index is 2.03. The lowest BCUT2D eigenvalue weighted by Gasteiger charge is -2.08. The van der Waals surface area contributed by atoms with Crippen LogP contribution >= 0.6 is 0 Å². The summed E-state index contributed by atoms with van der Waals surface area (Å²) in [6.07, 6.45) is 0.211. The van der Waals surface area contributed by atoms with Crippen LogP contribution in [0.15, 0.2) is 18.2 Å². The van der Waals surface area contributed by atoms with E-state index in [1.807, 2.05) is 0 Å². The van der Waals surface area contributed by atoms with E-state index in [0.717, 1.165) is 0 Å². The molecule has 0 saturated carbocycles. The van der Waals surface area contributed by atoms with E-state index >= 15 is 0 Å². The van der Waals surface area contributed by atoms with E-state index in [1.165, 1.54) is 0 Å². The van der Waals surface area contributed by atoms with Crippen LogP contribution < -0.4 is 9.47 Å². The van der Waals surface area contributed by atoms with Crippen molar-refractivity contribution in [3.05, 3.63) is 23.8 Å². The number of rotatable bonds is 5. The van der Waals surface area contributed by atoms with Crippen LogP contribution in [-0.2, 0) is 4.79 Å². The molecule has 0 spiro atoms. The van der Waals surface area contributed by atoms with Crippen molar-refractivity contribution in [1.82, 2.24) is 0 Å². The molecule has 1 heterocycles. The number of aliphatic carboxylic acids is 1. The van der Waals surface area contributed by atoms with Gasteiger partial charge in [-0.2, -0.15) is 0 Å². The Kier molecular flexibility index (Phi) is 3.50. The smallest absolute Gasteiger partial charge is 0.303 e. The lowest BCUT2D eigenvalue weighted by Crippen LogP contribution is -2.10. The van der Waals surface area contributed by atoms with E-state index in [0.29, 0.717) is 17.1 Å². The molecule has 0 amide bonds. The predicted octanol–water partition coefficient (Wildman–Crippen LogP) is 2.10. The third-order valence-electron chi connectivity index (χ3n) is 2.75. The van der Waals surface area contributed by atoms with Gasteiger partial charge in [0.05, 0.1) is 0 Å². The molecule has 2 rings (SSSR count). The van der Waals surface area contributed by atoms with Gasteiger partial charge >= 0.3 is 5.97 Å². The molecule has 0 saturated heterocycles. The molecule has 0 aromatic heterocycles. The number of carboxylic acid groups (broad SMARTS) is 1. The van der Waals surface area contributed by atoms with E-state index in [2.05, 4.69) is 0 Å². The zero-order chi connectivity index (χ0) is 13.1. The molecule has 5 nitrogen and oxygen atoms in total. The van der Waals surface area contributed by atoms with E-state index < -0.39 is 5.97 Å². The van der Waals surface area contributed by atoms with Crippen LogP contribution in [0.3, 0.4) is 0 Å². The van der Waals surface area contributed by atoms with Crippen LogP contribution in [0.4, 0.5) is 0 Å². The average molecular weight is 250 g/mol. The van der Waals surface area contributed by atoms with Crippen molar-refractivity contribution in [3.63, 3.8) is 0 Å². The Morgan fingerprint density at radius 2 is 2.00 bits per heavy atom. The molecule has 1 N–H and O–H groups in total. The second-order valence-corrected chi connectivity index (χ2v) is 4.40. The van der Waals surface area contributed by atoms with E-state index in [-0.39, 0.29) is 31.3 Å². The summed E-state index contributed by atoms with van der Waals surface area (Å²) in [5, 5.41) is 8.65. The number of hydrogen-bond acceptors (Lipinski definition) is 4. The molecule has 1 aliphatic heterocycles. The Bertz CT molecular complexity index is 480. The second kappa shape index (κ2) is 5.08. The summed E-state index contributed by atoms with van der Waals surface area (Å²) in [6.45, 7) is 1.92. The minimum atomic E-state index is -0.888. The molecule has 1 unspecified atom stereocenters. The van der Waals surface area contributed by atoms with Crippen LogP contribution in [0.5, 0.6) is 11.5 Å². The quantitative estimate of drug-likeness (QED) is 0.810. The highest BCUT2D eigenvalue weighted by molar-refractivity contribution is 5.97. The van der Waals surface area contributed by atoms with E-state index in [1.54, 1.807) is 25.1 Å². The maximum absolute atomic E-state index is 11.9. The molecule has 1 aliphatic rings. The molecule has 1 aromatic rings. The molecule has 0 bridgehead atoms. The number of hydrogen-bond donors (Lipinski definition) is 1. The third kappa shape index (κ3) is 2.80. The van der Waals surface area contributed by atoms with Gasteiger partial charge < -0.3 is 14.6 Å². The van der Waals surface area contributed by atoms with Gasteiger partial charge in [0, 0.05) is 18.4 Å². The minimum absolute atomic E-state index is 0.00368. The molecule has 0 radical (unpaired) electrons. The highest BCUT2D eigenvalue weighted by atomic mass is 16.7. The summed E-state index contributed by atoms with van der Waals surface area (Å²) in [5.41, 5.74) is 0.525. The van der Waals surface area contributed by atoms with Crippen molar-refractivity contribution >= 4 is 11.8 Å². The number of benzene rings is 1. The second-order valence-electron chi connectivity index (χ2n) is 4.40. The fourth-order valence-electron chi connectivity index (χ4n) is 1.87. The highest BCUT2D eigenvalue weighted by Crippen LogP contribution is 2.33. The molecular formula is C13H14O5. The fourth-order valence-corrected chi connectivity index (χ4v) is 1.87. The Labute approximate surface area is 104 Å². The Morgan fingerprint density at radius 1 is 1.28 bits per heavy atom. The Hall–Kier alpha value is -2.04. The number of Topliss-reactive ketones (excluding diaryl/α,β-unsaturated/α-hetero) is 1. The maximum atomic E-state index is 11.9. The van der Waals surface area contributed by atoms with E-state index in [9.17, 15) is 9.59 Å². The van der Waals surface area contributed by atoms with Gasteiger partial charge in [-0.3, -0.25) is 9.59 Å². The summed E-state index contributed by atoms with van der Waals surface area (Å²) in [4.78, 5) is 22.5. The standard InChI is InChI=1S/C13H14O5/c1-8(5-13(15)16)4-10(14)9-2-3-11-12(6-9)18-7-17-11/h2-3,6,8H,4-5,7H2,1H3,(H,15,16). The summed E-state index contributed by atoms with van der Waals surface area (Å²) in [5.74, 6) is 0.0420. The monoisotopic (exact) mass is 250 g/mol. The van der Waals surface area contributed by atoms with E-state index in [4.69, 9.17) is 14.6 Å². The lowest BCUT2D eigenvalue weighted by atomic mass is 9.97. The highest BCUT2D eigenvalue weighted by Gasteiger charge is 2.18. The number of ether oxygens (including phenoxy) is 2. The molecule has 96 valence electrons. The molecule has 1 aromatic carbocycles. The molecular weight excluding hydrogens is 236 g/mol. The third-order valence-corrected chi connectivity index (χ3v) is 2.75. The van der Waals surface area contributed by atoms with Crippen LogP contribution in [0.2, 0.25) is 0 Å². The molecule has 5 heteroatoms. The number of fused-ring (bicyclic) bond motifs is 1. The summed E-state index contributed by atoms with van der Waals surface area (Å²) in [7, 11) is 0. The maximum Gasteiger partial charge on any atom is 0.303 e. The van der Waals surface area contributed by atoms with Crippen molar-refractivity contribution in [2.45, 2.75) is 19.8 Å². The number of carboxylic acids is 1. The van der Waals surface area contributed by atoms with Gasteiger partial charge in [0.2, 0.25) is 6.79 Å². The molecule has 0 fully saturated rings. The van der Waals surface area contributed by atoms with Gasteiger partial charge in [-0.05, 0) is 24.1 Å². The topological polar surface area (TPSA) is 72.8 Å². The van der Waals surface area contributed by atoms with Crippen LogP contribution in [-0.4, -0.2) is 23.7 Å². The first-order valence-corrected chi connectivity index (χ1v) is 5.71.